The second-order valence-electron chi connectivity index (χ2n) is 8.30. The summed E-state index contributed by atoms with van der Waals surface area (Å²) in [4.78, 5) is 12.0. The van der Waals surface area contributed by atoms with Crippen molar-refractivity contribution in [3.8, 4) is 16.9 Å². The molecule has 0 aliphatic carbocycles. The molecular formula is C24H29F3O5. The third-order valence-corrected chi connectivity index (χ3v) is 4.59. The molecule has 0 saturated carbocycles. The molecule has 8 heteroatoms. The van der Waals surface area contributed by atoms with Crippen LogP contribution in [-0.2, 0) is 22.1 Å². The normalized spacial score (nSPS) is 14.5. The smallest absolute Gasteiger partial charge is 0.416 e. The van der Waals surface area contributed by atoms with E-state index in [4.69, 9.17) is 14.6 Å². The quantitative estimate of drug-likeness (QED) is 0.626. The molecule has 2 aromatic rings. The minimum absolute atomic E-state index is 0.185. The van der Waals surface area contributed by atoms with E-state index in [1.165, 1.54) is 12.1 Å². The van der Waals surface area contributed by atoms with Crippen LogP contribution in [-0.4, -0.2) is 35.0 Å². The number of hydrogen-bond acceptors (Lipinski definition) is 4. The average molecular weight is 454 g/mol. The number of halogens is 3. The average Bonchev–Trinajstić information content (AvgIpc) is 2.70. The molecule has 3 rings (SSSR count). The van der Waals surface area contributed by atoms with Crippen LogP contribution in [0.1, 0.15) is 56.9 Å². The van der Waals surface area contributed by atoms with E-state index in [2.05, 4.69) is 0 Å². The van der Waals surface area contributed by atoms with Crippen molar-refractivity contribution in [3.63, 3.8) is 0 Å². The van der Waals surface area contributed by atoms with Gasteiger partial charge >= 0.3 is 12.1 Å². The minimum Gasteiger partial charge on any atom is -0.493 e. The third kappa shape index (κ3) is 6.46. The lowest BCUT2D eigenvalue weighted by Crippen LogP contribution is -2.29. The fraction of sp³-hybridized carbons (Fsp3) is 0.458. The van der Waals surface area contributed by atoms with Crippen LogP contribution in [0.4, 0.5) is 13.2 Å². The van der Waals surface area contributed by atoms with Gasteiger partial charge in [0.2, 0.25) is 0 Å². The van der Waals surface area contributed by atoms with Gasteiger partial charge in [-0.15, -0.1) is 0 Å². The fourth-order valence-electron chi connectivity index (χ4n) is 3.46. The number of carboxylic acid groups (broad SMARTS) is 1. The van der Waals surface area contributed by atoms with Crippen molar-refractivity contribution < 1.29 is 37.7 Å². The van der Waals surface area contributed by atoms with Crippen LogP contribution >= 0.6 is 0 Å². The van der Waals surface area contributed by atoms with E-state index < -0.39 is 29.4 Å². The Morgan fingerprint density at radius 3 is 2.41 bits per heavy atom. The predicted octanol–water partition coefficient (Wildman–Crippen LogP) is 5.64. The molecule has 1 aliphatic heterocycles. The summed E-state index contributed by atoms with van der Waals surface area (Å²) in [6, 6.07) is 8.81. The maximum absolute atomic E-state index is 13.8. The van der Waals surface area contributed by atoms with Crippen LogP contribution < -0.4 is 4.74 Å². The van der Waals surface area contributed by atoms with Gasteiger partial charge in [-0.2, -0.15) is 13.2 Å². The van der Waals surface area contributed by atoms with E-state index in [1.807, 2.05) is 0 Å². The number of rotatable bonds is 4. The SMILES string of the molecule is CC(C)(C)OC(C(=O)O)c1c(-c2ccc3c(c2)CCCO3)cccc1C(F)(F)F.CCO. The zero-order valence-corrected chi connectivity index (χ0v) is 18.6. The van der Waals surface area contributed by atoms with Crippen molar-refractivity contribution in [3.05, 3.63) is 53.1 Å². The highest BCUT2D eigenvalue weighted by Crippen LogP contribution is 2.43. The lowest BCUT2D eigenvalue weighted by molar-refractivity contribution is -0.163. The number of benzene rings is 2. The summed E-state index contributed by atoms with van der Waals surface area (Å²) in [5.74, 6) is -0.770. The first-order valence-electron chi connectivity index (χ1n) is 10.4. The van der Waals surface area contributed by atoms with Crippen molar-refractivity contribution in [1.29, 1.82) is 0 Å². The molecule has 0 amide bonds. The first-order chi connectivity index (χ1) is 14.9. The topological polar surface area (TPSA) is 76.0 Å². The monoisotopic (exact) mass is 454 g/mol. The Hall–Kier alpha value is -2.58. The number of alkyl halides is 3. The second kappa shape index (κ2) is 10.4. The van der Waals surface area contributed by atoms with Crippen LogP contribution in [0.2, 0.25) is 0 Å². The van der Waals surface area contributed by atoms with Crippen LogP contribution in [0.25, 0.3) is 11.1 Å². The van der Waals surface area contributed by atoms with E-state index in [-0.39, 0.29) is 17.7 Å². The first-order valence-corrected chi connectivity index (χ1v) is 10.4. The van der Waals surface area contributed by atoms with Gasteiger partial charge in [0, 0.05) is 12.2 Å². The van der Waals surface area contributed by atoms with Crippen LogP contribution in [0, 0.1) is 0 Å². The number of hydrogen-bond donors (Lipinski definition) is 2. The second-order valence-corrected chi connectivity index (χ2v) is 8.30. The Morgan fingerprint density at radius 2 is 1.84 bits per heavy atom. The number of aryl methyl sites for hydroxylation is 1. The molecule has 1 heterocycles. The van der Waals surface area contributed by atoms with Crippen molar-refractivity contribution in [1.82, 2.24) is 0 Å². The first kappa shape index (κ1) is 25.7. The van der Waals surface area contributed by atoms with E-state index in [0.717, 1.165) is 24.5 Å². The number of carboxylic acids is 1. The third-order valence-electron chi connectivity index (χ3n) is 4.59. The Bertz CT molecular complexity index is 932. The summed E-state index contributed by atoms with van der Waals surface area (Å²) in [6.07, 6.45) is -4.93. The number of aliphatic carboxylic acids is 1. The zero-order chi connectivity index (χ0) is 24.1. The summed E-state index contributed by atoms with van der Waals surface area (Å²) in [7, 11) is 0. The van der Waals surface area contributed by atoms with Gasteiger partial charge in [-0.05, 0) is 75.4 Å². The van der Waals surface area contributed by atoms with E-state index in [9.17, 15) is 23.1 Å². The molecule has 1 atom stereocenters. The summed E-state index contributed by atoms with van der Waals surface area (Å²) in [5, 5.41) is 17.3. The van der Waals surface area contributed by atoms with Crippen molar-refractivity contribution >= 4 is 5.97 Å². The van der Waals surface area contributed by atoms with Crippen molar-refractivity contribution in [2.45, 2.75) is 58.4 Å². The van der Waals surface area contributed by atoms with E-state index in [0.29, 0.717) is 17.9 Å². The van der Waals surface area contributed by atoms with Gasteiger partial charge in [0.15, 0.2) is 6.10 Å². The molecule has 0 aromatic heterocycles. The highest BCUT2D eigenvalue weighted by Gasteiger charge is 2.40. The van der Waals surface area contributed by atoms with Crippen LogP contribution in [0.15, 0.2) is 36.4 Å². The van der Waals surface area contributed by atoms with E-state index >= 15 is 0 Å². The predicted molar refractivity (Wildman–Crippen MR) is 115 cm³/mol. The van der Waals surface area contributed by atoms with Crippen LogP contribution in [0.5, 0.6) is 5.75 Å². The molecular weight excluding hydrogens is 425 g/mol. The molecule has 176 valence electrons. The van der Waals surface area contributed by atoms with Crippen LogP contribution in [0.3, 0.4) is 0 Å². The molecule has 2 aromatic carbocycles. The largest absolute Gasteiger partial charge is 0.493 e. The van der Waals surface area contributed by atoms with Gasteiger partial charge in [0.05, 0.1) is 17.8 Å². The summed E-state index contributed by atoms with van der Waals surface area (Å²) < 4.78 is 52.6. The Morgan fingerprint density at radius 1 is 1.19 bits per heavy atom. The number of ether oxygens (including phenoxy) is 2. The van der Waals surface area contributed by atoms with Gasteiger partial charge < -0.3 is 19.7 Å². The van der Waals surface area contributed by atoms with Gasteiger partial charge in [0.1, 0.15) is 5.75 Å². The highest BCUT2D eigenvalue weighted by atomic mass is 19.4. The van der Waals surface area contributed by atoms with Gasteiger partial charge in [-0.3, -0.25) is 0 Å². The van der Waals surface area contributed by atoms with Crippen molar-refractivity contribution in [2.24, 2.45) is 0 Å². The zero-order valence-electron chi connectivity index (χ0n) is 18.6. The molecule has 0 bridgehead atoms. The summed E-state index contributed by atoms with van der Waals surface area (Å²) >= 11 is 0. The summed E-state index contributed by atoms with van der Waals surface area (Å²) in [5.41, 5.74) is -0.785. The minimum atomic E-state index is -4.72. The Labute approximate surface area is 185 Å². The lowest BCUT2D eigenvalue weighted by atomic mass is 9.89. The molecule has 1 unspecified atom stereocenters. The molecule has 0 fully saturated rings. The van der Waals surface area contributed by atoms with E-state index in [1.54, 1.807) is 45.9 Å². The standard InChI is InChI=1S/C22H23F3O4.C2H6O/c1-21(2,3)29-19(20(26)27)18-15(7-4-8-16(18)22(23,24)25)13-9-10-17-14(12-13)6-5-11-28-17;1-2-3/h4,7-10,12,19H,5-6,11H2,1-3H3,(H,26,27);3H,2H2,1H3. The molecule has 0 spiro atoms. The Kier molecular flexibility index (Phi) is 8.31. The highest BCUT2D eigenvalue weighted by molar-refractivity contribution is 5.81. The lowest BCUT2D eigenvalue weighted by Gasteiger charge is -2.29. The van der Waals surface area contributed by atoms with Gasteiger partial charge in [0.25, 0.3) is 0 Å². The molecule has 1 aliphatic rings. The van der Waals surface area contributed by atoms with Crippen molar-refractivity contribution in [2.75, 3.05) is 13.2 Å². The maximum Gasteiger partial charge on any atom is 0.416 e. The number of carbonyl (C=O) groups is 1. The number of aliphatic hydroxyl groups is 1. The number of fused-ring (bicyclic) bond motifs is 1. The number of aliphatic hydroxyl groups excluding tert-OH is 1. The molecule has 0 radical (unpaired) electrons. The maximum atomic E-state index is 13.8. The summed E-state index contributed by atoms with van der Waals surface area (Å²) in [6.45, 7) is 7.35. The van der Waals surface area contributed by atoms with Gasteiger partial charge in [-0.1, -0.05) is 18.2 Å². The Balaban J connectivity index is 0.00000114. The van der Waals surface area contributed by atoms with Gasteiger partial charge in [-0.25, -0.2) is 4.79 Å². The molecule has 5 nitrogen and oxygen atoms in total. The molecule has 32 heavy (non-hydrogen) atoms. The molecule has 2 N–H and O–H groups in total. The molecule has 0 saturated heterocycles. The fourth-order valence-corrected chi connectivity index (χ4v) is 3.46.